The summed E-state index contributed by atoms with van der Waals surface area (Å²) in [5.74, 6) is -1.09. The Bertz CT molecular complexity index is 1100. The van der Waals surface area contributed by atoms with Crippen molar-refractivity contribution in [3.8, 4) is 5.75 Å². The van der Waals surface area contributed by atoms with Crippen LogP contribution in [-0.2, 0) is 20.9 Å². The molecule has 3 rings (SSSR count). The van der Waals surface area contributed by atoms with E-state index in [0.717, 1.165) is 10.8 Å². The first-order chi connectivity index (χ1) is 13.4. The average Bonchev–Trinajstić information content (AvgIpc) is 2.69. The van der Waals surface area contributed by atoms with E-state index in [1.165, 1.54) is 6.07 Å². The molecule has 146 valence electrons. The van der Waals surface area contributed by atoms with Gasteiger partial charge in [0.2, 0.25) is 0 Å². The van der Waals surface area contributed by atoms with E-state index in [2.05, 4.69) is 0 Å². The number of aliphatic carboxylic acids is 1. The zero-order valence-corrected chi connectivity index (χ0v) is 15.1. The van der Waals surface area contributed by atoms with Gasteiger partial charge in [0.05, 0.1) is 7.11 Å². The van der Waals surface area contributed by atoms with Crippen molar-refractivity contribution in [2.45, 2.75) is 25.5 Å². The highest BCUT2D eigenvalue weighted by Crippen LogP contribution is 2.29. The predicted octanol–water partition coefficient (Wildman–Crippen LogP) is 2.19. The fourth-order valence-corrected chi connectivity index (χ4v) is 2.87. The van der Waals surface area contributed by atoms with E-state index < -0.39 is 23.6 Å². The highest BCUT2D eigenvalue weighted by atomic mass is 16.5. The number of carboxylic acid groups (broad SMARTS) is 1. The fraction of sp³-hybridized carbons (Fsp3) is 0.250. The maximum Gasteiger partial charge on any atom is 0.336 e. The Morgan fingerprint density at radius 2 is 1.93 bits per heavy atom. The number of hydrogen-bond acceptors (Lipinski definition) is 7. The van der Waals surface area contributed by atoms with Gasteiger partial charge in [0.25, 0.3) is 0 Å². The summed E-state index contributed by atoms with van der Waals surface area (Å²) in [7, 11) is 1.57. The third-order valence-electron chi connectivity index (χ3n) is 4.38. The summed E-state index contributed by atoms with van der Waals surface area (Å²) in [5, 5.41) is 11.0. The van der Waals surface area contributed by atoms with E-state index in [4.69, 9.17) is 24.7 Å². The largest absolute Gasteiger partial charge is 0.497 e. The van der Waals surface area contributed by atoms with Crippen molar-refractivity contribution >= 4 is 33.7 Å². The molecule has 0 amide bonds. The van der Waals surface area contributed by atoms with Crippen molar-refractivity contribution in [3.05, 3.63) is 52.4 Å². The summed E-state index contributed by atoms with van der Waals surface area (Å²) in [6.07, 6.45) is -0.159. The number of carboxylic acids is 1. The monoisotopic (exact) mass is 385 g/mol. The number of carbonyl (C=O) groups excluding carboxylic acids is 1. The molecule has 0 bridgehead atoms. The summed E-state index contributed by atoms with van der Waals surface area (Å²) in [4.78, 5) is 34.5. The topological polar surface area (TPSA) is 129 Å². The Kier molecular flexibility index (Phi) is 5.60. The third kappa shape index (κ3) is 4.12. The maximum absolute atomic E-state index is 12.0. The molecule has 0 fully saturated rings. The first-order valence-electron chi connectivity index (χ1n) is 8.56. The number of hydrogen-bond donors (Lipinski definition) is 2. The molecule has 8 heteroatoms. The first-order valence-corrected chi connectivity index (χ1v) is 8.56. The average molecular weight is 385 g/mol. The summed E-state index contributed by atoms with van der Waals surface area (Å²) < 4.78 is 15.8. The summed E-state index contributed by atoms with van der Waals surface area (Å²) in [6.45, 7) is -0.134. The molecule has 3 aromatic rings. The summed E-state index contributed by atoms with van der Waals surface area (Å²) >= 11 is 0. The van der Waals surface area contributed by atoms with Crippen LogP contribution in [-0.4, -0.2) is 30.2 Å². The zero-order valence-electron chi connectivity index (χ0n) is 15.1. The Labute approximate surface area is 159 Å². The molecule has 0 radical (unpaired) electrons. The maximum atomic E-state index is 12.0. The van der Waals surface area contributed by atoms with E-state index in [9.17, 15) is 14.4 Å². The number of methoxy groups -OCH3 is 1. The number of ether oxygens (including phenoxy) is 2. The van der Waals surface area contributed by atoms with Crippen LogP contribution in [0.5, 0.6) is 5.75 Å². The van der Waals surface area contributed by atoms with Crippen LogP contribution in [0.25, 0.3) is 21.7 Å². The van der Waals surface area contributed by atoms with Gasteiger partial charge >= 0.3 is 17.6 Å². The number of esters is 1. The van der Waals surface area contributed by atoms with Gasteiger partial charge in [-0.2, -0.15) is 0 Å². The Morgan fingerprint density at radius 1 is 1.18 bits per heavy atom. The van der Waals surface area contributed by atoms with Gasteiger partial charge in [-0.25, -0.2) is 4.79 Å². The SMILES string of the molecule is COc1ccc2c(ccc3c(COC(=O)CCC(N)C(=O)O)cc(=O)oc32)c1. The molecule has 1 unspecified atom stereocenters. The molecule has 1 heterocycles. The van der Waals surface area contributed by atoms with E-state index in [1.54, 1.807) is 25.3 Å². The minimum absolute atomic E-state index is 0.0295. The number of nitrogens with two attached hydrogens (primary N) is 1. The Balaban J connectivity index is 1.85. The van der Waals surface area contributed by atoms with E-state index >= 15 is 0 Å². The molecule has 28 heavy (non-hydrogen) atoms. The van der Waals surface area contributed by atoms with Crippen molar-refractivity contribution in [2.75, 3.05) is 7.11 Å². The van der Waals surface area contributed by atoms with E-state index in [-0.39, 0.29) is 19.4 Å². The zero-order chi connectivity index (χ0) is 20.3. The van der Waals surface area contributed by atoms with E-state index in [0.29, 0.717) is 22.3 Å². The van der Waals surface area contributed by atoms with Gasteiger partial charge in [0.1, 0.15) is 24.0 Å². The molecule has 8 nitrogen and oxygen atoms in total. The molecule has 1 aromatic heterocycles. The van der Waals surface area contributed by atoms with Gasteiger partial charge in [-0.3, -0.25) is 9.59 Å². The molecule has 1 atom stereocenters. The predicted molar refractivity (Wildman–Crippen MR) is 101 cm³/mol. The van der Waals surface area contributed by atoms with Crippen LogP contribution in [0.1, 0.15) is 18.4 Å². The van der Waals surface area contributed by atoms with Crippen LogP contribution in [0.4, 0.5) is 0 Å². The van der Waals surface area contributed by atoms with Crippen molar-refractivity contribution in [3.63, 3.8) is 0 Å². The van der Waals surface area contributed by atoms with Crippen molar-refractivity contribution in [1.82, 2.24) is 0 Å². The van der Waals surface area contributed by atoms with E-state index in [1.807, 2.05) is 12.1 Å². The minimum atomic E-state index is -1.18. The molecule has 0 aliphatic rings. The third-order valence-corrected chi connectivity index (χ3v) is 4.38. The van der Waals surface area contributed by atoms with Crippen LogP contribution < -0.4 is 16.1 Å². The molecule has 0 aliphatic carbocycles. The van der Waals surface area contributed by atoms with Crippen LogP contribution in [0.15, 0.2) is 45.6 Å². The summed E-state index contributed by atoms with van der Waals surface area (Å²) in [6, 6.07) is 9.17. The quantitative estimate of drug-likeness (QED) is 0.360. The van der Waals surface area contributed by atoms with Crippen LogP contribution in [0.3, 0.4) is 0 Å². The minimum Gasteiger partial charge on any atom is -0.497 e. The second-order valence-corrected chi connectivity index (χ2v) is 6.26. The van der Waals surface area contributed by atoms with Crippen LogP contribution >= 0.6 is 0 Å². The standard InChI is InChI=1S/C20H19NO7/c1-26-13-3-5-14-11(8-13)2-4-15-12(9-18(23)28-19(14)15)10-27-17(22)7-6-16(21)20(24)25/h2-5,8-9,16H,6-7,10,21H2,1H3,(H,24,25). The highest BCUT2D eigenvalue weighted by molar-refractivity contribution is 6.05. The lowest BCUT2D eigenvalue weighted by atomic mass is 10.0. The molecule has 0 saturated heterocycles. The van der Waals surface area contributed by atoms with Gasteiger partial charge in [-0.05, 0) is 30.0 Å². The van der Waals surface area contributed by atoms with Gasteiger partial charge in [-0.1, -0.05) is 12.1 Å². The molecule has 3 N–H and O–H groups in total. The highest BCUT2D eigenvalue weighted by Gasteiger charge is 2.15. The number of rotatable bonds is 7. The lowest BCUT2D eigenvalue weighted by Crippen LogP contribution is -2.30. The second-order valence-electron chi connectivity index (χ2n) is 6.26. The van der Waals surface area contributed by atoms with Crippen molar-refractivity contribution < 1.29 is 28.6 Å². The molecule has 0 spiro atoms. The molecule has 0 aliphatic heterocycles. The second kappa shape index (κ2) is 8.10. The lowest BCUT2D eigenvalue weighted by molar-refractivity contribution is -0.145. The molecule has 2 aromatic carbocycles. The van der Waals surface area contributed by atoms with Gasteiger partial charge in [0.15, 0.2) is 0 Å². The fourth-order valence-electron chi connectivity index (χ4n) is 2.87. The lowest BCUT2D eigenvalue weighted by Gasteiger charge is -2.10. The number of carbonyl (C=O) groups is 2. The van der Waals surface area contributed by atoms with Crippen molar-refractivity contribution in [1.29, 1.82) is 0 Å². The number of fused-ring (bicyclic) bond motifs is 3. The molecule has 0 saturated carbocycles. The van der Waals surface area contributed by atoms with Crippen LogP contribution in [0.2, 0.25) is 0 Å². The van der Waals surface area contributed by atoms with Gasteiger partial charge in [0, 0.05) is 28.8 Å². The Morgan fingerprint density at radius 3 is 2.64 bits per heavy atom. The van der Waals surface area contributed by atoms with Crippen LogP contribution in [0, 0.1) is 0 Å². The Hall–Kier alpha value is -3.39. The molecular weight excluding hydrogens is 366 g/mol. The van der Waals surface area contributed by atoms with Gasteiger partial charge < -0.3 is 24.7 Å². The van der Waals surface area contributed by atoms with Crippen molar-refractivity contribution in [2.24, 2.45) is 5.73 Å². The first kappa shape index (κ1) is 19.4. The van der Waals surface area contributed by atoms with Gasteiger partial charge in [-0.15, -0.1) is 0 Å². The smallest absolute Gasteiger partial charge is 0.336 e. The summed E-state index contributed by atoms with van der Waals surface area (Å²) in [5.41, 5.74) is 5.70. The normalized spacial score (nSPS) is 12.1. The molecular formula is C20H19NO7. The number of benzene rings is 2.